The highest BCUT2D eigenvalue weighted by atomic mass is 16.5. The molecule has 3 heterocycles. The molecule has 3 aliphatic rings. The molecule has 0 saturated carbocycles. The van der Waals surface area contributed by atoms with Crippen molar-refractivity contribution >= 4 is 5.97 Å². The molecule has 8 nitrogen and oxygen atoms in total. The number of hydrogen-bond donors (Lipinski definition) is 1. The van der Waals surface area contributed by atoms with Crippen LogP contribution in [0, 0.1) is 5.41 Å². The molecule has 3 aliphatic heterocycles. The molecular weight excluding hydrogens is 346 g/mol. The van der Waals surface area contributed by atoms with Gasteiger partial charge in [0.05, 0.1) is 18.6 Å². The Balaban J connectivity index is 1.31. The van der Waals surface area contributed by atoms with E-state index in [1.54, 1.807) is 0 Å². The summed E-state index contributed by atoms with van der Waals surface area (Å²) in [6.45, 7) is 14.9. The van der Waals surface area contributed by atoms with Crippen LogP contribution < -0.4 is 5.84 Å². The van der Waals surface area contributed by atoms with Gasteiger partial charge in [-0.1, -0.05) is 0 Å². The average Bonchev–Trinajstić information content (AvgIpc) is 2.69. The summed E-state index contributed by atoms with van der Waals surface area (Å²) in [7, 11) is 0. The van der Waals surface area contributed by atoms with Crippen molar-refractivity contribution in [2.75, 3.05) is 91.8 Å². The van der Waals surface area contributed by atoms with Crippen molar-refractivity contribution in [1.29, 1.82) is 0 Å². The van der Waals surface area contributed by atoms with Gasteiger partial charge in [0.15, 0.2) is 0 Å². The van der Waals surface area contributed by atoms with E-state index >= 15 is 0 Å². The minimum atomic E-state index is -0.327. The molecule has 0 aromatic heterocycles. The third-order valence-corrected chi connectivity index (χ3v) is 6.34. The molecule has 0 radical (unpaired) electrons. The second kappa shape index (κ2) is 10.1. The maximum absolute atomic E-state index is 12.6. The molecule has 0 atom stereocenters. The zero-order valence-corrected chi connectivity index (χ0v) is 16.9. The van der Waals surface area contributed by atoms with E-state index in [-0.39, 0.29) is 11.4 Å². The summed E-state index contributed by atoms with van der Waals surface area (Å²) in [5, 5.41) is 1.90. The first-order valence-electron chi connectivity index (χ1n) is 10.5. The predicted octanol–water partition coefficient (Wildman–Crippen LogP) is -0.545. The van der Waals surface area contributed by atoms with Crippen molar-refractivity contribution in [3.05, 3.63) is 0 Å². The van der Waals surface area contributed by atoms with Gasteiger partial charge in [0.25, 0.3) is 0 Å². The highest BCUT2D eigenvalue weighted by Gasteiger charge is 2.38. The van der Waals surface area contributed by atoms with Crippen LogP contribution >= 0.6 is 0 Å². The summed E-state index contributed by atoms with van der Waals surface area (Å²) in [5.41, 5.74) is -0.327. The van der Waals surface area contributed by atoms with Gasteiger partial charge in [-0.15, -0.1) is 0 Å². The summed E-state index contributed by atoms with van der Waals surface area (Å²) < 4.78 is 11.0. The molecule has 0 aliphatic carbocycles. The number of likely N-dealkylation sites (tertiary alicyclic amines) is 1. The topological polar surface area (TPSA) is 74.5 Å². The van der Waals surface area contributed by atoms with Gasteiger partial charge in [0, 0.05) is 58.9 Å². The first-order chi connectivity index (χ1) is 13.0. The van der Waals surface area contributed by atoms with E-state index in [0.29, 0.717) is 6.61 Å². The number of hydrazine groups is 1. The quantitative estimate of drug-likeness (QED) is 0.464. The van der Waals surface area contributed by atoms with Crippen molar-refractivity contribution in [3.8, 4) is 0 Å². The van der Waals surface area contributed by atoms with E-state index in [1.165, 1.54) is 0 Å². The first kappa shape index (κ1) is 21.0. The normalized spacial score (nSPS) is 26.1. The van der Waals surface area contributed by atoms with Gasteiger partial charge in [-0.2, -0.15) is 0 Å². The van der Waals surface area contributed by atoms with Gasteiger partial charge in [0.1, 0.15) is 6.61 Å². The van der Waals surface area contributed by atoms with E-state index < -0.39 is 0 Å². The van der Waals surface area contributed by atoms with Crippen LogP contribution in [-0.4, -0.2) is 117 Å². The summed E-state index contributed by atoms with van der Waals surface area (Å²) in [4.78, 5) is 19.9. The largest absolute Gasteiger partial charge is 0.464 e. The van der Waals surface area contributed by atoms with Gasteiger partial charge in [0.2, 0.25) is 0 Å². The number of nitrogens with zero attached hydrogens (tertiary/aromatic N) is 4. The Bertz CT molecular complexity index is 456. The Morgan fingerprint density at radius 3 is 2.07 bits per heavy atom. The fraction of sp³-hybridized carbons (Fsp3) is 0.947. The van der Waals surface area contributed by atoms with Crippen molar-refractivity contribution in [2.24, 2.45) is 11.3 Å². The molecule has 8 heteroatoms. The SMILES string of the molecule is CC1(C(=O)OCCN2CCOCC2)CCN(CCN2CCN(N)CC2)CC1. The fourth-order valence-electron chi connectivity index (χ4n) is 4.01. The molecule has 3 fully saturated rings. The number of rotatable bonds is 7. The molecule has 0 bridgehead atoms. The number of piperazine rings is 1. The highest BCUT2D eigenvalue weighted by Crippen LogP contribution is 2.32. The molecule has 3 rings (SSSR count). The van der Waals surface area contributed by atoms with Crippen LogP contribution in [0.3, 0.4) is 0 Å². The number of carbonyl (C=O) groups excluding carboxylic acids is 1. The third kappa shape index (κ3) is 6.37. The molecule has 2 N–H and O–H groups in total. The van der Waals surface area contributed by atoms with Crippen LogP contribution in [0.5, 0.6) is 0 Å². The zero-order chi connectivity index (χ0) is 19.1. The van der Waals surface area contributed by atoms with Gasteiger partial charge in [-0.05, 0) is 32.9 Å². The molecule has 0 unspecified atom stereocenters. The lowest BCUT2D eigenvalue weighted by atomic mass is 9.80. The van der Waals surface area contributed by atoms with Crippen molar-refractivity contribution in [2.45, 2.75) is 19.8 Å². The highest BCUT2D eigenvalue weighted by molar-refractivity contribution is 5.76. The molecule has 0 amide bonds. The maximum Gasteiger partial charge on any atom is 0.311 e. The molecule has 156 valence electrons. The maximum atomic E-state index is 12.6. The van der Waals surface area contributed by atoms with Crippen LogP contribution in [0.15, 0.2) is 0 Å². The van der Waals surface area contributed by atoms with Crippen molar-refractivity contribution < 1.29 is 14.3 Å². The Hall–Kier alpha value is -0.770. The third-order valence-electron chi connectivity index (χ3n) is 6.34. The predicted molar refractivity (Wildman–Crippen MR) is 104 cm³/mol. The van der Waals surface area contributed by atoms with Gasteiger partial charge < -0.3 is 14.4 Å². The Morgan fingerprint density at radius 2 is 1.44 bits per heavy atom. The Kier molecular flexibility index (Phi) is 7.86. The minimum absolute atomic E-state index is 0.0190. The van der Waals surface area contributed by atoms with E-state index in [2.05, 4.69) is 21.6 Å². The van der Waals surface area contributed by atoms with Gasteiger partial charge in [-0.3, -0.25) is 20.4 Å². The van der Waals surface area contributed by atoms with Crippen LogP contribution in [0.2, 0.25) is 0 Å². The molecule has 27 heavy (non-hydrogen) atoms. The van der Waals surface area contributed by atoms with Crippen molar-refractivity contribution in [3.63, 3.8) is 0 Å². The molecule has 3 saturated heterocycles. The van der Waals surface area contributed by atoms with Crippen LogP contribution in [0.4, 0.5) is 0 Å². The number of nitrogens with two attached hydrogens (primary N) is 1. The standard InChI is InChI=1S/C19H37N5O3/c1-19(18(25)27-17-14-23-12-15-26-16-13-23)2-4-21(5-3-19)6-7-22-8-10-24(20)11-9-22/h2-17,20H2,1H3. The first-order valence-corrected chi connectivity index (χ1v) is 10.5. The van der Waals surface area contributed by atoms with Crippen LogP contribution in [0.1, 0.15) is 19.8 Å². The van der Waals surface area contributed by atoms with Crippen LogP contribution in [0.25, 0.3) is 0 Å². The monoisotopic (exact) mass is 383 g/mol. The number of hydrogen-bond acceptors (Lipinski definition) is 8. The molecule has 0 spiro atoms. The zero-order valence-electron chi connectivity index (χ0n) is 16.9. The number of piperidine rings is 1. The molecule has 0 aromatic carbocycles. The lowest BCUT2D eigenvalue weighted by Crippen LogP contribution is -2.51. The lowest BCUT2D eigenvalue weighted by molar-refractivity contribution is -0.158. The summed E-state index contributed by atoms with van der Waals surface area (Å²) in [6.07, 6.45) is 1.78. The number of esters is 1. The number of ether oxygens (including phenoxy) is 2. The van der Waals surface area contributed by atoms with Gasteiger partial charge >= 0.3 is 5.97 Å². The van der Waals surface area contributed by atoms with E-state index in [9.17, 15) is 4.79 Å². The van der Waals surface area contributed by atoms with Gasteiger partial charge in [-0.25, -0.2) is 5.01 Å². The summed E-state index contributed by atoms with van der Waals surface area (Å²) in [5.74, 6) is 5.80. The number of carbonyl (C=O) groups is 1. The molecular formula is C19H37N5O3. The lowest BCUT2D eigenvalue weighted by Gasteiger charge is -2.39. The van der Waals surface area contributed by atoms with E-state index in [0.717, 1.165) is 98.0 Å². The average molecular weight is 384 g/mol. The van der Waals surface area contributed by atoms with E-state index in [1.807, 2.05) is 5.01 Å². The minimum Gasteiger partial charge on any atom is -0.464 e. The summed E-state index contributed by atoms with van der Waals surface area (Å²) in [6, 6.07) is 0. The van der Waals surface area contributed by atoms with E-state index in [4.69, 9.17) is 15.3 Å². The summed E-state index contributed by atoms with van der Waals surface area (Å²) >= 11 is 0. The van der Waals surface area contributed by atoms with Crippen molar-refractivity contribution in [1.82, 2.24) is 19.7 Å². The second-order valence-electron chi connectivity index (χ2n) is 8.37. The fourth-order valence-corrected chi connectivity index (χ4v) is 4.01. The number of morpholine rings is 1. The Morgan fingerprint density at radius 1 is 0.889 bits per heavy atom. The Labute approximate surface area is 163 Å². The smallest absolute Gasteiger partial charge is 0.311 e. The van der Waals surface area contributed by atoms with Crippen LogP contribution in [-0.2, 0) is 14.3 Å². The second-order valence-corrected chi connectivity index (χ2v) is 8.37. The molecule has 0 aromatic rings.